The maximum absolute atomic E-state index is 11.1. The van der Waals surface area contributed by atoms with E-state index in [1.165, 1.54) is 12.0 Å². The van der Waals surface area contributed by atoms with Crippen molar-refractivity contribution in [2.75, 3.05) is 0 Å². The van der Waals surface area contributed by atoms with Gasteiger partial charge in [-0.3, -0.25) is 4.79 Å². The first-order valence-corrected chi connectivity index (χ1v) is 7.28. The Morgan fingerprint density at radius 2 is 1.95 bits per heavy atom. The van der Waals surface area contributed by atoms with Crippen molar-refractivity contribution in [1.29, 1.82) is 0 Å². The summed E-state index contributed by atoms with van der Waals surface area (Å²) >= 11 is 0. The molecule has 19 heavy (non-hydrogen) atoms. The van der Waals surface area contributed by atoms with Crippen LogP contribution >= 0.6 is 0 Å². The van der Waals surface area contributed by atoms with Gasteiger partial charge < -0.3 is 10.4 Å². The van der Waals surface area contributed by atoms with Gasteiger partial charge in [-0.1, -0.05) is 36.8 Å². The quantitative estimate of drug-likeness (QED) is 0.874. The SMILES string of the molecule is O=C(O)C1CCCC(NC2CC2c2ccccc2)C1. The molecule has 3 heteroatoms. The first-order valence-electron chi connectivity index (χ1n) is 7.28. The number of hydrogen-bond donors (Lipinski definition) is 2. The summed E-state index contributed by atoms with van der Waals surface area (Å²) in [6.45, 7) is 0. The molecule has 1 aromatic rings. The monoisotopic (exact) mass is 259 g/mol. The van der Waals surface area contributed by atoms with Gasteiger partial charge in [0.25, 0.3) is 0 Å². The summed E-state index contributed by atoms with van der Waals surface area (Å²) in [6.07, 6.45) is 5.00. The molecule has 4 unspecified atom stereocenters. The van der Waals surface area contributed by atoms with Gasteiger partial charge in [0.15, 0.2) is 0 Å². The van der Waals surface area contributed by atoms with Gasteiger partial charge in [-0.25, -0.2) is 0 Å². The van der Waals surface area contributed by atoms with Crippen LogP contribution in [-0.4, -0.2) is 23.2 Å². The largest absolute Gasteiger partial charge is 0.481 e. The number of carboxylic acids is 1. The van der Waals surface area contributed by atoms with Crippen LogP contribution in [0.4, 0.5) is 0 Å². The van der Waals surface area contributed by atoms with E-state index >= 15 is 0 Å². The van der Waals surface area contributed by atoms with Crippen LogP contribution < -0.4 is 5.32 Å². The van der Waals surface area contributed by atoms with Crippen molar-refractivity contribution in [1.82, 2.24) is 5.32 Å². The average molecular weight is 259 g/mol. The molecule has 0 spiro atoms. The van der Waals surface area contributed by atoms with E-state index in [9.17, 15) is 4.79 Å². The van der Waals surface area contributed by atoms with Gasteiger partial charge >= 0.3 is 5.97 Å². The van der Waals surface area contributed by atoms with Crippen LogP contribution in [0, 0.1) is 5.92 Å². The summed E-state index contributed by atoms with van der Waals surface area (Å²) in [6, 6.07) is 11.6. The van der Waals surface area contributed by atoms with E-state index in [2.05, 4.69) is 29.6 Å². The molecule has 0 aromatic heterocycles. The summed E-state index contributed by atoms with van der Waals surface area (Å²) < 4.78 is 0. The van der Waals surface area contributed by atoms with E-state index in [1.807, 2.05) is 6.07 Å². The lowest BCUT2D eigenvalue weighted by Gasteiger charge is -2.27. The van der Waals surface area contributed by atoms with Crippen LogP contribution in [-0.2, 0) is 4.79 Å². The van der Waals surface area contributed by atoms with Crippen molar-refractivity contribution < 1.29 is 9.90 Å². The lowest BCUT2D eigenvalue weighted by atomic mass is 9.85. The van der Waals surface area contributed by atoms with Gasteiger partial charge in [-0.15, -0.1) is 0 Å². The summed E-state index contributed by atoms with van der Waals surface area (Å²) in [5.74, 6) is -0.131. The molecule has 2 aliphatic rings. The van der Waals surface area contributed by atoms with E-state index < -0.39 is 5.97 Å². The normalized spacial score (nSPS) is 33.9. The molecule has 2 aliphatic carbocycles. The molecule has 0 heterocycles. The van der Waals surface area contributed by atoms with Gasteiger partial charge in [0, 0.05) is 18.0 Å². The molecule has 0 saturated heterocycles. The van der Waals surface area contributed by atoms with Crippen LogP contribution in [0.3, 0.4) is 0 Å². The second kappa shape index (κ2) is 5.33. The summed E-state index contributed by atoms with van der Waals surface area (Å²) in [5.41, 5.74) is 1.41. The number of carboxylic acid groups (broad SMARTS) is 1. The highest BCUT2D eigenvalue weighted by Crippen LogP contribution is 2.41. The molecule has 2 N–H and O–H groups in total. The minimum Gasteiger partial charge on any atom is -0.481 e. The second-order valence-electron chi connectivity index (χ2n) is 5.92. The lowest BCUT2D eigenvalue weighted by Crippen LogP contribution is -2.38. The molecular formula is C16H21NO2. The fourth-order valence-electron chi connectivity index (χ4n) is 3.32. The Morgan fingerprint density at radius 1 is 1.16 bits per heavy atom. The molecule has 0 amide bonds. The smallest absolute Gasteiger partial charge is 0.306 e. The van der Waals surface area contributed by atoms with Gasteiger partial charge in [-0.05, 0) is 31.2 Å². The minimum atomic E-state index is -0.623. The first kappa shape index (κ1) is 12.7. The van der Waals surface area contributed by atoms with Gasteiger partial charge in [0.1, 0.15) is 0 Å². The third-order valence-electron chi connectivity index (χ3n) is 4.49. The highest BCUT2D eigenvalue weighted by molar-refractivity contribution is 5.70. The molecule has 2 fully saturated rings. The molecule has 3 rings (SSSR count). The standard InChI is InChI=1S/C16H21NO2/c18-16(19)12-7-4-8-13(9-12)17-15-10-14(15)11-5-2-1-3-6-11/h1-3,5-6,12-15,17H,4,7-10H2,(H,18,19). The van der Waals surface area contributed by atoms with Crippen molar-refractivity contribution in [2.45, 2.75) is 50.1 Å². The number of carbonyl (C=O) groups is 1. The molecular weight excluding hydrogens is 238 g/mol. The number of benzene rings is 1. The Morgan fingerprint density at radius 3 is 2.68 bits per heavy atom. The zero-order valence-corrected chi connectivity index (χ0v) is 11.1. The van der Waals surface area contributed by atoms with Crippen LogP contribution in [0.1, 0.15) is 43.6 Å². The molecule has 3 nitrogen and oxygen atoms in total. The fraction of sp³-hybridized carbons (Fsp3) is 0.562. The maximum Gasteiger partial charge on any atom is 0.306 e. The Labute approximate surface area is 114 Å². The zero-order valence-electron chi connectivity index (χ0n) is 11.1. The Balaban J connectivity index is 1.52. The topological polar surface area (TPSA) is 49.3 Å². The predicted molar refractivity (Wildman–Crippen MR) is 74.1 cm³/mol. The van der Waals surface area contributed by atoms with Crippen molar-refractivity contribution in [3.05, 3.63) is 35.9 Å². The van der Waals surface area contributed by atoms with E-state index in [0.29, 0.717) is 18.0 Å². The molecule has 2 saturated carbocycles. The summed E-state index contributed by atoms with van der Waals surface area (Å²) in [5, 5.41) is 12.8. The van der Waals surface area contributed by atoms with Crippen LogP contribution in [0.2, 0.25) is 0 Å². The van der Waals surface area contributed by atoms with Crippen LogP contribution in [0.25, 0.3) is 0 Å². The minimum absolute atomic E-state index is 0.139. The Kier molecular flexibility index (Phi) is 3.56. The molecule has 0 aliphatic heterocycles. The molecule has 1 aromatic carbocycles. The van der Waals surface area contributed by atoms with E-state index in [0.717, 1.165) is 25.7 Å². The molecule has 4 atom stereocenters. The summed E-state index contributed by atoms with van der Waals surface area (Å²) in [7, 11) is 0. The Bertz CT molecular complexity index is 445. The molecule has 0 radical (unpaired) electrons. The third kappa shape index (κ3) is 2.98. The highest BCUT2D eigenvalue weighted by Gasteiger charge is 2.40. The number of nitrogens with one attached hydrogen (secondary N) is 1. The lowest BCUT2D eigenvalue weighted by molar-refractivity contribution is -0.143. The zero-order chi connectivity index (χ0) is 13.2. The summed E-state index contributed by atoms with van der Waals surface area (Å²) in [4.78, 5) is 11.1. The van der Waals surface area contributed by atoms with Gasteiger partial charge in [0.05, 0.1) is 5.92 Å². The maximum atomic E-state index is 11.1. The van der Waals surface area contributed by atoms with Gasteiger partial charge in [-0.2, -0.15) is 0 Å². The fourth-order valence-corrected chi connectivity index (χ4v) is 3.32. The van der Waals surface area contributed by atoms with Crippen molar-refractivity contribution in [3.63, 3.8) is 0 Å². The van der Waals surface area contributed by atoms with Crippen molar-refractivity contribution in [2.24, 2.45) is 5.92 Å². The molecule has 0 bridgehead atoms. The van der Waals surface area contributed by atoms with E-state index in [4.69, 9.17) is 5.11 Å². The number of aliphatic carboxylic acids is 1. The third-order valence-corrected chi connectivity index (χ3v) is 4.49. The van der Waals surface area contributed by atoms with Crippen LogP contribution in [0.5, 0.6) is 0 Å². The van der Waals surface area contributed by atoms with Gasteiger partial charge in [0.2, 0.25) is 0 Å². The second-order valence-corrected chi connectivity index (χ2v) is 5.92. The number of hydrogen-bond acceptors (Lipinski definition) is 2. The predicted octanol–water partition coefficient (Wildman–Crippen LogP) is 2.78. The average Bonchev–Trinajstić information content (AvgIpc) is 3.19. The number of rotatable bonds is 4. The Hall–Kier alpha value is -1.35. The first-order chi connectivity index (χ1) is 9.24. The van der Waals surface area contributed by atoms with Crippen LogP contribution in [0.15, 0.2) is 30.3 Å². The van der Waals surface area contributed by atoms with Crippen molar-refractivity contribution in [3.8, 4) is 0 Å². The molecule has 102 valence electrons. The van der Waals surface area contributed by atoms with E-state index in [-0.39, 0.29) is 5.92 Å². The van der Waals surface area contributed by atoms with E-state index in [1.54, 1.807) is 0 Å². The van der Waals surface area contributed by atoms with Crippen molar-refractivity contribution >= 4 is 5.97 Å². The highest BCUT2D eigenvalue weighted by atomic mass is 16.4.